The van der Waals surface area contributed by atoms with Gasteiger partial charge in [-0.1, -0.05) is 38.1 Å². The van der Waals surface area contributed by atoms with Gasteiger partial charge in [0.05, 0.1) is 11.3 Å². The van der Waals surface area contributed by atoms with Gasteiger partial charge in [-0.2, -0.15) is 0 Å². The number of phenols is 1. The van der Waals surface area contributed by atoms with Crippen LogP contribution in [0, 0.1) is 6.92 Å². The molecule has 0 heterocycles. The van der Waals surface area contributed by atoms with Gasteiger partial charge < -0.3 is 9.94 Å². The molecule has 0 aliphatic heterocycles. The molecule has 2 aromatic carbocycles. The lowest BCUT2D eigenvalue weighted by Gasteiger charge is -2.20. The van der Waals surface area contributed by atoms with Gasteiger partial charge in [-0.15, -0.1) is 0 Å². The van der Waals surface area contributed by atoms with Crippen LogP contribution >= 0.6 is 0 Å². The molecule has 1 aliphatic rings. The predicted molar refractivity (Wildman–Crippen MR) is 103 cm³/mol. The molecule has 3 rings (SSSR count). The molecule has 1 N–H and O–H groups in total. The predicted octanol–water partition coefficient (Wildman–Crippen LogP) is 4.90. The third kappa shape index (κ3) is 3.64. The van der Waals surface area contributed by atoms with Crippen molar-refractivity contribution in [1.82, 2.24) is 0 Å². The molecule has 136 valence electrons. The molecule has 26 heavy (non-hydrogen) atoms. The molecular formula is C22H25NO3. The maximum absolute atomic E-state index is 12.3. The Hall–Kier alpha value is -2.62. The van der Waals surface area contributed by atoms with Gasteiger partial charge in [0.2, 0.25) is 0 Å². The van der Waals surface area contributed by atoms with Crippen LogP contribution in [0.25, 0.3) is 0 Å². The Morgan fingerprint density at radius 1 is 1.08 bits per heavy atom. The highest BCUT2D eigenvalue weighted by atomic mass is 16.7. The maximum atomic E-state index is 12.3. The number of oxime groups is 1. The molecule has 0 fully saturated rings. The average molecular weight is 351 g/mol. The minimum atomic E-state index is -0.458. The maximum Gasteiger partial charge on any atom is 0.365 e. The second-order valence-corrected chi connectivity index (χ2v) is 7.83. The van der Waals surface area contributed by atoms with Crippen LogP contribution in [0.4, 0.5) is 0 Å². The fourth-order valence-electron chi connectivity index (χ4n) is 3.25. The molecule has 0 amide bonds. The zero-order chi connectivity index (χ0) is 18.9. The first-order valence-electron chi connectivity index (χ1n) is 8.98. The van der Waals surface area contributed by atoms with Gasteiger partial charge in [0, 0.05) is 5.56 Å². The molecule has 2 aromatic rings. The fraction of sp³-hybridized carbons (Fsp3) is 0.364. The Bertz CT molecular complexity index is 858. The summed E-state index contributed by atoms with van der Waals surface area (Å²) >= 11 is 0. The summed E-state index contributed by atoms with van der Waals surface area (Å²) in [6.45, 7) is 8.30. The number of hydrogen-bond donors (Lipinski definition) is 1. The second kappa shape index (κ2) is 6.94. The van der Waals surface area contributed by atoms with E-state index in [4.69, 9.17) is 4.84 Å². The Morgan fingerprint density at radius 3 is 2.42 bits per heavy atom. The van der Waals surface area contributed by atoms with Crippen LogP contribution in [-0.4, -0.2) is 16.8 Å². The number of aromatic hydroxyl groups is 1. The van der Waals surface area contributed by atoms with Crippen molar-refractivity contribution in [2.24, 2.45) is 5.16 Å². The average Bonchev–Trinajstić information content (AvgIpc) is 2.62. The van der Waals surface area contributed by atoms with Crippen molar-refractivity contribution in [3.05, 3.63) is 64.2 Å². The van der Waals surface area contributed by atoms with Crippen molar-refractivity contribution in [3.8, 4) is 5.75 Å². The summed E-state index contributed by atoms with van der Waals surface area (Å²) in [5.74, 6) is -0.165. The Labute approximate surface area is 154 Å². The Balaban J connectivity index is 1.79. The lowest BCUT2D eigenvalue weighted by atomic mass is 9.87. The van der Waals surface area contributed by atoms with E-state index in [0.717, 1.165) is 47.2 Å². The van der Waals surface area contributed by atoms with Gasteiger partial charge in [0.15, 0.2) is 0 Å². The summed E-state index contributed by atoms with van der Waals surface area (Å²) in [7, 11) is 0. The van der Waals surface area contributed by atoms with Crippen LogP contribution in [0.5, 0.6) is 5.75 Å². The van der Waals surface area contributed by atoms with Crippen molar-refractivity contribution in [2.45, 2.75) is 52.4 Å². The molecule has 0 aromatic heterocycles. The summed E-state index contributed by atoms with van der Waals surface area (Å²) in [6.07, 6.45) is 2.58. The topological polar surface area (TPSA) is 58.9 Å². The lowest BCUT2D eigenvalue weighted by Crippen LogP contribution is -2.15. The number of nitrogens with zero attached hydrogens (tertiary/aromatic N) is 1. The van der Waals surface area contributed by atoms with Gasteiger partial charge in [0.25, 0.3) is 0 Å². The number of fused-ring (bicyclic) bond motifs is 1. The zero-order valence-electron chi connectivity index (χ0n) is 15.8. The number of carbonyl (C=O) groups is 1. The molecule has 4 nitrogen and oxygen atoms in total. The third-order valence-corrected chi connectivity index (χ3v) is 4.95. The number of phenolic OH excluding ortho intramolecular Hbond substituents is 1. The molecule has 0 bridgehead atoms. The first-order valence-corrected chi connectivity index (χ1v) is 8.98. The highest BCUT2D eigenvalue weighted by Gasteiger charge is 2.20. The molecule has 0 saturated heterocycles. The summed E-state index contributed by atoms with van der Waals surface area (Å²) in [5, 5.41) is 14.0. The molecule has 0 spiro atoms. The molecule has 1 aliphatic carbocycles. The van der Waals surface area contributed by atoms with E-state index in [1.165, 1.54) is 0 Å². The molecule has 0 saturated carbocycles. The van der Waals surface area contributed by atoms with Crippen LogP contribution in [0.1, 0.15) is 66.2 Å². The van der Waals surface area contributed by atoms with Crippen molar-refractivity contribution >= 4 is 11.7 Å². The molecule has 4 heteroatoms. The van der Waals surface area contributed by atoms with Crippen molar-refractivity contribution in [3.63, 3.8) is 0 Å². The molecule has 0 unspecified atom stereocenters. The normalized spacial score (nSPS) is 15.6. The Morgan fingerprint density at radius 2 is 1.77 bits per heavy atom. The number of hydrogen-bond acceptors (Lipinski definition) is 4. The van der Waals surface area contributed by atoms with E-state index >= 15 is 0 Å². The highest BCUT2D eigenvalue weighted by molar-refractivity contribution is 6.03. The summed E-state index contributed by atoms with van der Waals surface area (Å²) < 4.78 is 0. The van der Waals surface area contributed by atoms with Crippen LogP contribution in [0.2, 0.25) is 0 Å². The molecular weight excluding hydrogens is 326 g/mol. The summed E-state index contributed by atoms with van der Waals surface area (Å²) in [4.78, 5) is 17.5. The third-order valence-electron chi connectivity index (χ3n) is 4.95. The van der Waals surface area contributed by atoms with E-state index in [1.807, 2.05) is 25.1 Å². The zero-order valence-corrected chi connectivity index (χ0v) is 15.8. The van der Waals surface area contributed by atoms with Gasteiger partial charge >= 0.3 is 5.97 Å². The van der Waals surface area contributed by atoms with Crippen LogP contribution in [0.3, 0.4) is 0 Å². The minimum absolute atomic E-state index is 0.0396. The smallest absolute Gasteiger partial charge is 0.365 e. The number of benzene rings is 2. The van der Waals surface area contributed by atoms with E-state index in [1.54, 1.807) is 18.2 Å². The Kier molecular flexibility index (Phi) is 4.86. The van der Waals surface area contributed by atoms with Crippen LogP contribution in [0.15, 0.2) is 41.6 Å². The van der Waals surface area contributed by atoms with Crippen LogP contribution < -0.4 is 0 Å². The van der Waals surface area contributed by atoms with Gasteiger partial charge in [-0.25, -0.2) is 4.79 Å². The lowest BCUT2D eigenvalue weighted by molar-refractivity contribution is 0.0515. The quantitative estimate of drug-likeness (QED) is 0.619. The standard InChI is InChI=1S/C22H25NO3/c1-14-17-6-5-7-19(18(17)12-13-20(14)24)23-26-21(25)15-8-10-16(11-9-15)22(2,3)4/h8-13,24H,5-7H2,1-4H3. The van der Waals surface area contributed by atoms with E-state index in [0.29, 0.717) is 11.3 Å². The second-order valence-electron chi connectivity index (χ2n) is 7.83. The number of carbonyl (C=O) groups excluding carboxylic acids is 1. The van der Waals surface area contributed by atoms with E-state index < -0.39 is 5.97 Å². The SMILES string of the molecule is Cc1c(O)ccc2c1CCCC2=NOC(=O)c1ccc(C(C)(C)C)cc1. The first-order chi connectivity index (χ1) is 12.3. The first kappa shape index (κ1) is 18.2. The van der Waals surface area contributed by atoms with Gasteiger partial charge in [-0.3, -0.25) is 0 Å². The highest BCUT2D eigenvalue weighted by Crippen LogP contribution is 2.30. The molecule has 0 radical (unpaired) electrons. The summed E-state index contributed by atoms with van der Waals surface area (Å²) in [6, 6.07) is 11.0. The fourth-order valence-corrected chi connectivity index (χ4v) is 3.25. The van der Waals surface area contributed by atoms with E-state index in [2.05, 4.69) is 25.9 Å². The van der Waals surface area contributed by atoms with E-state index in [9.17, 15) is 9.90 Å². The minimum Gasteiger partial charge on any atom is -0.508 e. The number of rotatable bonds is 2. The monoisotopic (exact) mass is 351 g/mol. The largest absolute Gasteiger partial charge is 0.508 e. The van der Waals surface area contributed by atoms with Crippen molar-refractivity contribution < 1.29 is 14.7 Å². The van der Waals surface area contributed by atoms with Gasteiger partial charge in [0.1, 0.15) is 5.75 Å². The van der Waals surface area contributed by atoms with Crippen LogP contribution in [-0.2, 0) is 16.7 Å². The van der Waals surface area contributed by atoms with Gasteiger partial charge in [-0.05, 0) is 72.6 Å². The van der Waals surface area contributed by atoms with Crippen molar-refractivity contribution in [1.29, 1.82) is 0 Å². The van der Waals surface area contributed by atoms with E-state index in [-0.39, 0.29) is 5.41 Å². The summed E-state index contributed by atoms with van der Waals surface area (Å²) in [5.41, 5.74) is 5.37. The van der Waals surface area contributed by atoms with Crippen molar-refractivity contribution in [2.75, 3.05) is 0 Å². The molecule has 0 atom stereocenters.